The van der Waals surface area contributed by atoms with Gasteiger partial charge in [-0.15, -0.1) is 0 Å². The molecule has 2 atom stereocenters. The second-order valence-electron chi connectivity index (χ2n) is 5.32. The molecule has 0 aliphatic carbocycles. The van der Waals surface area contributed by atoms with Crippen LogP contribution in [0.25, 0.3) is 0 Å². The Labute approximate surface area is 118 Å². The zero-order valence-electron chi connectivity index (χ0n) is 11.9. The third-order valence-electron chi connectivity index (χ3n) is 3.94. The van der Waals surface area contributed by atoms with Crippen molar-refractivity contribution in [3.8, 4) is 5.75 Å². The lowest BCUT2D eigenvalue weighted by Crippen LogP contribution is -2.46. The van der Waals surface area contributed by atoms with E-state index in [1.165, 1.54) is 13.2 Å². The summed E-state index contributed by atoms with van der Waals surface area (Å²) in [6, 6.07) is 5.15. The molecule has 2 rings (SSSR count). The first-order valence-corrected chi connectivity index (χ1v) is 6.86. The molecule has 0 spiro atoms. The Bertz CT molecular complexity index is 493. The van der Waals surface area contributed by atoms with Gasteiger partial charge in [0.1, 0.15) is 11.4 Å². The molecule has 1 saturated heterocycles. The summed E-state index contributed by atoms with van der Waals surface area (Å²) in [5.74, 6) is 1.10. The van der Waals surface area contributed by atoms with Gasteiger partial charge in [-0.3, -0.25) is 10.1 Å². The van der Waals surface area contributed by atoms with Gasteiger partial charge in [0.25, 0.3) is 5.69 Å². The number of hydrogen-bond acceptors (Lipinski definition) is 5. The molecule has 1 aliphatic rings. The zero-order valence-corrected chi connectivity index (χ0v) is 11.9. The predicted octanol–water partition coefficient (Wildman–Crippen LogP) is 2.17. The van der Waals surface area contributed by atoms with Crippen molar-refractivity contribution in [3.05, 3.63) is 28.3 Å². The van der Waals surface area contributed by atoms with Gasteiger partial charge in [-0.25, -0.2) is 0 Å². The second-order valence-corrected chi connectivity index (χ2v) is 5.32. The standard InChI is InChI=1S/C14H21N3O3/c1-10-5-6-16(11(7-10)9-15)13-4-3-12(20-2)8-14(13)17(18)19/h3-4,8,10-11H,5-7,9,15H2,1-2H3. The van der Waals surface area contributed by atoms with Crippen molar-refractivity contribution >= 4 is 11.4 Å². The largest absolute Gasteiger partial charge is 0.496 e. The van der Waals surface area contributed by atoms with E-state index in [0.29, 0.717) is 23.9 Å². The lowest BCUT2D eigenvalue weighted by Gasteiger charge is -2.39. The molecule has 1 heterocycles. The molecule has 6 nitrogen and oxygen atoms in total. The van der Waals surface area contributed by atoms with Crippen LogP contribution < -0.4 is 15.4 Å². The highest BCUT2D eigenvalue weighted by molar-refractivity contribution is 5.66. The van der Waals surface area contributed by atoms with E-state index in [1.54, 1.807) is 12.1 Å². The molecule has 6 heteroatoms. The highest BCUT2D eigenvalue weighted by Gasteiger charge is 2.30. The number of rotatable bonds is 4. The van der Waals surface area contributed by atoms with Crippen molar-refractivity contribution in [1.82, 2.24) is 0 Å². The van der Waals surface area contributed by atoms with Gasteiger partial charge in [0.2, 0.25) is 0 Å². The van der Waals surface area contributed by atoms with Crippen LogP contribution in [0.3, 0.4) is 0 Å². The van der Waals surface area contributed by atoms with Crippen LogP contribution in [0.4, 0.5) is 11.4 Å². The van der Waals surface area contributed by atoms with Crippen LogP contribution in [0.2, 0.25) is 0 Å². The van der Waals surface area contributed by atoms with E-state index in [0.717, 1.165) is 19.4 Å². The van der Waals surface area contributed by atoms with E-state index in [2.05, 4.69) is 11.8 Å². The molecule has 0 bridgehead atoms. The van der Waals surface area contributed by atoms with Gasteiger partial charge in [0.15, 0.2) is 0 Å². The van der Waals surface area contributed by atoms with Crippen molar-refractivity contribution in [2.75, 3.05) is 25.1 Å². The second kappa shape index (κ2) is 6.09. The van der Waals surface area contributed by atoms with Gasteiger partial charge >= 0.3 is 0 Å². The summed E-state index contributed by atoms with van der Waals surface area (Å²) >= 11 is 0. The van der Waals surface area contributed by atoms with Crippen molar-refractivity contribution in [2.45, 2.75) is 25.8 Å². The molecule has 20 heavy (non-hydrogen) atoms. The van der Waals surface area contributed by atoms with E-state index < -0.39 is 0 Å². The van der Waals surface area contributed by atoms with Gasteiger partial charge in [-0.1, -0.05) is 6.92 Å². The van der Waals surface area contributed by atoms with E-state index >= 15 is 0 Å². The summed E-state index contributed by atoms with van der Waals surface area (Å²) in [5.41, 5.74) is 6.56. The quantitative estimate of drug-likeness (QED) is 0.674. The predicted molar refractivity (Wildman–Crippen MR) is 78.2 cm³/mol. The van der Waals surface area contributed by atoms with E-state index in [4.69, 9.17) is 10.5 Å². The van der Waals surface area contributed by atoms with Crippen LogP contribution in [-0.4, -0.2) is 31.2 Å². The molecule has 1 fully saturated rings. The highest BCUT2D eigenvalue weighted by atomic mass is 16.6. The number of nitrogens with zero attached hydrogens (tertiary/aromatic N) is 2. The van der Waals surface area contributed by atoms with Crippen LogP contribution in [0, 0.1) is 16.0 Å². The Hall–Kier alpha value is -1.82. The fourth-order valence-electron chi connectivity index (χ4n) is 2.81. The maximum absolute atomic E-state index is 11.3. The number of methoxy groups -OCH3 is 1. The monoisotopic (exact) mass is 279 g/mol. The Balaban J connectivity index is 2.37. The third-order valence-corrected chi connectivity index (χ3v) is 3.94. The molecule has 0 saturated carbocycles. The lowest BCUT2D eigenvalue weighted by atomic mass is 9.92. The van der Waals surface area contributed by atoms with Crippen LogP contribution in [0.15, 0.2) is 18.2 Å². The van der Waals surface area contributed by atoms with Gasteiger partial charge in [0.05, 0.1) is 18.1 Å². The number of ether oxygens (including phenoxy) is 1. The summed E-state index contributed by atoms with van der Waals surface area (Å²) in [4.78, 5) is 13.0. The highest BCUT2D eigenvalue weighted by Crippen LogP contribution is 2.36. The molecule has 1 aromatic carbocycles. The van der Waals surface area contributed by atoms with Crippen LogP contribution >= 0.6 is 0 Å². The first-order valence-electron chi connectivity index (χ1n) is 6.86. The smallest absolute Gasteiger partial charge is 0.296 e. The van der Waals surface area contributed by atoms with Crippen molar-refractivity contribution in [3.63, 3.8) is 0 Å². The summed E-state index contributed by atoms with van der Waals surface area (Å²) < 4.78 is 5.07. The first kappa shape index (κ1) is 14.6. The number of benzene rings is 1. The number of nitro benzene ring substituents is 1. The maximum atomic E-state index is 11.3. The number of anilines is 1. The molecule has 0 amide bonds. The van der Waals surface area contributed by atoms with Crippen LogP contribution in [-0.2, 0) is 0 Å². The minimum Gasteiger partial charge on any atom is -0.496 e. The van der Waals surface area contributed by atoms with Gasteiger partial charge in [-0.05, 0) is 30.9 Å². The molecule has 0 radical (unpaired) electrons. The van der Waals surface area contributed by atoms with Crippen molar-refractivity contribution < 1.29 is 9.66 Å². The molecule has 2 N–H and O–H groups in total. The normalized spacial score (nSPS) is 22.6. The number of piperidine rings is 1. The Kier molecular flexibility index (Phi) is 4.44. The number of nitrogens with two attached hydrogens (primary N) is 1. The fourth-order valence-corrected chi connectivity index (χ4v) is 2.81. The fraction of sp³-hybridized carbons (Fsp3) is 0.571. The summed E-state index contributed by atoms with van der Waals surface area (Å²) in [6.07, 6.45) is 2.00. The van der Waals surface area contributed by atoms with Crippen molar-refractivity contribution in [1.29, 1.82) is 0 Å². The molecule has 0 aromatic heterocycles. The maximum Gasteiger partial charge on any atom is 0.296 e. The van der Waals surface area contributed by atoms with E-state index in [1.807, 2.05) is 0 Å². The SMILES string of the molecule is COc1ccc(N2CCC(C)CC2CN)c([N+](=O)[O-])c1. The average molecular weight is 279 g/mol. The van der Waals surface area contributed by atoms with E-state index in [-0.39, 0.29) is 16.7 Å². The molecule has 1 aliphatic heterocycles. The molecular weight excluding hydrogens is 258 g/mol. The summed E-state index contributed by atoms with van der Waals surface area (Å²) in [5, 5.41) is 11.3. The topological polar surface area (TPSA) is 81.6 Å². The number of hydrogen-bond donors (Lipinski definition) is 1. The third kappa shape index (κ3) is 2.85. The zero-order chi connectivity index (χ0) is 14.7. The number of nitro groups is 1. The minimum atomic E-state index is -0.358. The average Bonchev–Trinajstić information content (AvgIpc) is 2.46. The van der Waals surface area contributed by atoms with Gasteiger partial charge < -0.3 is 15.4 Å². The Morgan fingerprint density at radius 3 is 2.90 bits per heavy atom. The molecular formula is C14H21N3O3. The lowest BCUT2D eigenvalue weighted by molar-refractivity contribution is -0.384. The van der Waals surface area contributed by atoms with E-state index in [9.17, 15) is 10.1 Å². The summed E-state index contributed by atoms with van der Waals surface area (Å²) in [7, 11) is 1.50. The van der Waals surface area contributed by atoms with Crippen LogP contribution in [0.1, 0.15) is 19.8 Å². The van der Waals surface area contributed by atoms with Gasteiger partial charge in [-0.2, -0.15) is 0 Å². The Morgan fingerprint density at radius 2 is 2.30 bits per heavy atom. The molecule has 1 aromatic rings. The summed E-state index contributed by atoms with van der Waals surface area (Å²) in [6.45, 7) is 3.51. The van der Waals surface area contributed by atoms with Crippen LogP contribution in [0.5, 0.6) is 5.75 Å². The van der Waals surface area contributed by atoms with Gasteiger partial charge in [0, 0.05) is 19.1 Å². The van der Waals surface area contributed by atoms with Crippen molar-refractivity contribution in [2.24, 2.45) is 11.7 Å². The molecule has 2 unspecified atom stereocenters. The minimum absolute atomic E-state index is 0.0809. The Morgan fingerprint density at radius 1 is 1.55 bits per heavy atom. The molecule has 110 valence electrons. The first-order chi connectivity index (χ1) is 9.56.